The quantitative estimate of drug-likeness (QED) is 0.630. The molecule has 0 amide bonds. The van der Waals surface area contributed by atoms with Crippen molar-refractivity contribution in [2.45, 2.75) is 25.4 Å². The minimum atomic E-state index is -0.354. The van der Waals surface area contributed by atoms with Gasteiger partial charge in [-0.15, -0.1) is 0 Å². The fourth-order valence-corrected chi connectivity index (χ4v) is 2.49. The Bertz CT molecular complexity index is 482. The van der Waals surface area contributed by atoms with E-state index in [9.17, 15) is 4.79 Å². The summed E-state index contributed by atoms with van der Waals surface area (Å²) in [5.41, 5.74) is 1.64. The smallest absolute Gasteiger partial charge is 0.337 e. The van der Waals surface area contributed by atoms with Crippen LogP contribution in [0.3, 0.4) is 0 Å². The Morgan fingerprint density at radius 1 is 1.50 bits per heavy atom. The molecule has 2 rings (SSSR count). The molecule has 1 unspecified atom stereocenters. The first-order valence-corrected chi connectivity index (χ1v) is 6.63. The van der Waals surface area contributed by atoms with Crippen molar-refractivity contribution in [1.29, 1.82) is 0 Å². The third-order valence-corrected chi connectivity index (χ3v) is 3.66. The van der Waals surface area contributed by atoms with Gasteiger partial charge in [0.25, 0.3) is 0 Å². The van der Waals surface area contributed by atoms with Gasteiger partial charge in [0.1, 0.15) is 11.9 Å². The van der Waals surface area contributed by atoms with Gasteiger partial charge < -0.3 is 9.47 Å². The molecule has 0 radical (unpaired) electrons. The lowest BCUT2D eigenvalue weighted by Gasteiger charge is -2.16. The predicted molar refractivity (Wildman–Crippen MR) is 72.9 cm³/mol. The number of carbonyl (C=O) groups excluding carboxylic acids is 1. The van der Waals surface area contributed by atoms with Crippen molar-refractivity contribution < 1.29 is 14.3 Å². The maximum absolute atomic E-state index is 11.4. The van der Waals surface area contributed by atoms with E-state index < -0.39 is 0 Å². The highest BCUT2D eigenvalue weighted by Crippen LogP contribution is 2.32. The Labute approximate surface area is 115 Å². The van der Waals surface area contributed by atoms with Gasteiger partial charge in [0.2, 0.25) is 0 Å². The molecule has 1 aromatic rings. The van der Waals surface area contributed by atoms with Gasteiger partial charge in [0, 0.05) is 0 Å². The van der Waals surface area contributed by atoms with Gasteiger partial charge in [-0.05, 0) is 59.0 Å². The van der Waals surface area contributed by atoms with E-state index in [1.54, 1.807) is 18.2 Å². The summed E-state index contributed by atoms with van der Waals surface area (Å²) in [7, 11) is 1.36. The average molecular weight is 311 g/mol. The fourth-order valence-electron chi connectivity index (χ4n) is 2.02. The highest BCUT2D eigenvalue weighted by atomic mass is 79.9. The topological polar surface area (TPSA) is 35.5 Å². The van der Waals surface area contributed by atoms with Crippen LogP contribution < -0.4 is 4.74 Å². The molecule has 1 saturated carbocycles. The highest BCUT2D eigenvalue weighted by molar-refractivity contribution is 9.10. The Hall–Kier alpha value is -1.29. The molecule has 1 aromatic carbocycles. The second kappa shape index (κ2) is 5.57. The average Bonchev–Trinajstić information content (AvgIpc) is 2.76. The van der Waals surface area contributed by atoms with Gasteiger partial charge in [-0.25, -0.2) is 4.79 Å². The molecule has 0 aliphatic heterocycles. The largest absolute Gasteiger partial charge is 0.485 e. The Morgan fingerprint density at radius 2 is 2.28 bits per heavy atom. The Balaban J connectivity index is 2.14. The molecule has 1 aliphatic rings. The number of methoxy groups -OCH3 is 1. The highest BCUT2D eigenvalue weighted by Gasteiger charge is 2.21. The van der Waals surface area contributed by atoms with Crippen LogP contribution in [-0.2, 0) is 4.74 Å². The molecule has 1 fully saturated rings. The molecular formula is C14H15BrO3. The van der Waals surface area contributed by atoms with Crippen LogP contribution in [0.15, 0.2) is 34.8 Å². The van der Waals surface area contributed by atoms with E-state index in [2.05, 4.69) is 27.2 Å². The molecule has 4 heteroatoms. The van der Waals surface area contributed by atoms with Crippen LogP contribution >= 0.6 is 15.9 Å². The summed E-state index contributed by atoms with van der Waals surface area (Å²) < 4.78 is 11.3. The van der Waals surface area contributed by atoms with E-state index in [-0.39, 0.29) is 12.1 Å². The number of esters is 1. The third-order valence-electron chi connectivity index (χ3n) is 3.04. The van der Waals surface area contributed by atoms with Crippen LogP contribution in [0.4, 0.5) is 0 Å². The molecule has 0 spiro atoms. The zero-order valence-electron chi connectivity index (χ0n) is 10.2. The minimum absolute atomic E-state index is 0.0882. The molecule has 18 heavy (non-hydrogen) atoms. The van der Waals surface area contributed by atoms with Gasteiger partial charge >= 0.3 is 5.97 Å². The van der Waals surface area contributed by atoms with Gasteiger partial charge in [-0.2, -0.15) is 0 Å². The van der Waals surface area contributed by atoms with Crippen LogP contribution in [0, 0.1) is 0 Å². The number of benzene rings is 1. The summed E-state index contributed by atoms with van der Waals surface area (Å²) in [4.78, 5) is 11.4. The number of ether oxygens (including phenoxy) is 2. The zero-order chi connectivity index (χ0) is 13.1. The van der Waals surface area contributed by atoms with Crippen molar-refractivity contribution in [3.63, 3.8) is 0 Å². The van der Waals surface area contributed by atoms with E-state index >= 15 is 0 Å². The van der Waals surface area contributed by atoms with E-state index in [1.165, 1.54) is 7.11 Å². The first-order chi connectivity index (χ1) is 8.61. The number of hydrogen-bond acceptors (Lipinski definition) is 3. The van der Waals surface area contributed by atoms with Gasteiger partial charge in [-0.3, -0.25) is 0 Å². The summed E-state index contributed by atoms with van der Waals surface area (Å²) >= 11 is 3.41. The van der Waals surface area contributed by atoms with Crippen molar-refractivity contribution in [1.82, 2.24) is 0 Å². The second-order valence-corrected chi connectivity index (χ2v) is 5.15. The third kappa shape index (κ3) is 2.75. The standard InChI is InChI=1S/C14H15BrO3/c1-9-4-3-5-12(9)18-13-7-6-10(8-11(13)15)14(16)17-2/h6-8,12H,1,3-5H2,2H3. The van der Waals surface area contributed by atoms with Crippen molar-refractivity contribution in [3.05, 3.63) is 40.4 Å². The first-order valence-electron chi connectivity index (χ1n) is 5.84. The van der Waals surface area contributed by atoms with Crippen molar-refractivity contribution in [2.24, 2.45) is 0 Å². The predicted octanol–water partition coefficient (Wildman–Crippen LogP) is 3.72. The van der Waals surface area contributed by atoms with Crippen LogP contribution in [-0.4, -0.2) is 19.2 Å². The second-order valence-electron chi connectivity index (χ2n) is 4.29. The van der Waals surface area contributed by atoms with Crippen LogP contribution in [0.1, 0.15) is 29.6 Å². The summed E-state index contributed by atoms with van der Waals surface area (Å²) in [6, 6.07) is 5.18. The molecule has 0 saturated heterocycles. The van der Waals surface area contributed by atoms with Gasteiger partial charge in [0.15, 0.2) is 0 Å². The zero-order valence-corrected chi connectivity index (χ0v) is 11.8. The molecule has 0 aromatic heterocycles. The van der Waals surface area contributed by atoms with Crippen LogP contribution in [0.25, 0.3) is 0 Å². The summed E-state index contributed by atoms with van der Waals surface area (Å²) in [6.45, 7) is 4.01. The SMILES string of the molecule is C=C1CCCC1Oc1ccc(C(=O)OC)cc1Br. The summed E-state index contributed by atoms with van der Waals surface area (Å²) in [6.07, 6.45) is 3.25. The van der Waals surface area contributed by atoms with E-state index in [0.29, 0.717) is 5.56 Å². The minimum Gasteiger partial charge on any atom is -0.485 e. The summed E-state index contributed by atoms with van der Waals surface area (Å²) in [5, 5.41) is 0. The van der Waals surface area contributed by atoms with Gasteiger partial charge in [-0.1, -0.05) is 6.58 Å². The number of carbonyl (C=O) groups is 1. The lowest BCUT2D eigenvalue weighted by molar-refractivity contribution is 0.0600. The Morgan fingerprint density at radius 3 is 2.83 bits per heavy atom. The Kier molecular flexibility index (Phi) is 4.07. The van der Waals surface area contributed by atoms with Crippen LogP contribution in [0.5, 0.6) is 5.75 Å². The van der Waals surface area contributed by atoms with Crippen molar-refractivity contribution in [3.8, 4) is 5.75 Å². The normalized spacial score (nSPS) is 18.8. The monoisotopic (exact) mass is 310 g/mol. The van der Waals surface area contributed by atoms with Crippen LogP contribution in [0.2, 0.25) is 0 Å². The molecule has 3 nitrogen and oxygen atoms in total. The summed E-state index contributed by atoms with van der Waals surface area (Å²) in [5.74, 6) is 0.378. The van der Waals surface area contributed by atoms with Crippen molar-refractivity contribution in [2.75, 3.05) is 7.11 Å². The molecule has 0 N–H and O–H groups in total. The van der Waals surface area contributed by atoms with Gasteiger partial charge in [0.05, 0.1) is 17.1 Å². The van der Waals surface area contributed by atoms with E-state index in [1.807, 2.05) is 0 Å². The van der Waals surface area contributed by atoms with Crippen molar-refractivity contribution >= 4 is 21.9 Å². The lowest BCUT2D eigenvalue weighted by Crippen LogP contribution is -2.13. The maximum atomic E-state index is 11.4. The maximum Gasteiger partial charge on any atom is 0.337 e. The lowest BCUT2D eigenvalue weighted by atomic mass is 10.2. The molecule has 0 bridgehead atoms. The molecule has 1 atom stereocenters. The fraction of sp³-hybridized carbons (Fsp3) is 0.357. The molecule has 96 valence electrons. The molecule has 1 aliphatic carbocycles. The molecular weight excluding hydrogens is 296 g/mol. The van der Waals surface area contributed by atoms with E-state index in [4.69, 9.17) is 4.74 Å². The number of hydrogen-bond donors (Lipinski definition) is 0. The van der Waals surface area contributed by atoms with E-state index in [0.717, 1.165) is 35.1 Å². The molecule has 0 heterocycles. The number of rotatable bonds is 3. The number of halogens is 1. The first kappa shape index (κ1) is 13.1.